The van der Waals surface area contributed by atoms with E-state index >= 15 is 0 Å². The van der Waals surface area contributed by atoms with Gasteiger partial charge in [0.2, 0.25) is 0 Å². The first-order valence-corrected chi connectivity index (χ1v) is 11.4. The molecule has 0 fully saturated rings. The number of H-pyrrole nitrogens is 1. The summed E-state index contributed by atoms with van der Waals surface area (Å²) >= 11 is 6.45. The molecule has 0 aliphatic heterocycles. The van der Waals surface area contributed by atoms with Crippen molar-refractivity contribution in [3.8, 4) is 17.6 Å². The van der Waals surface area contributed by atoms with E-state index in [0.717, 1.165) is 22.9 Å². The van der Waals surface area contributed by atoms with Crippen molar-refractivity contribution < 1.29 is 14.3 Å². The number of nitrogens with one attached hydrogen (secondary N) is 2. The molecular weight excluding hydrogens is 438 g/mol. The number of carbonyl (C=O) groups is 1. The Balaban J connectivity index is 1.73. The Morgan fingerprint density at radius 2 is 2.09 bits per heavy atom. The monoisotopic (exact) mass is 465 g/mol. The van der Waals surface area contributed by atoms with Crippen LogP contribution in [0.3, 0.4) is 0 Å². The van der Waals surface area contributed by atoms with Crippen LogP contribution in [0.25, 0.3) is 17.0 Å². The number of ether oxygens (including phenoxy) is 2. The van der Waals surface area contributed by atoms with E-state index in [1.165, 1.54) is 6.08 Å². The van der Waals surface area contributed by atoms with E-state index in [2.05, 4.69) is 10.3 Å². The number of amides is 1. The average molecular weight is 466 g/mol. The number of benzene rings is 2. The topological polar surface area (TPSA) is 87.1 Å². The highest BCUT2D eigenvalue weighted by Crippen LogP contribution is 2.38. The Bertz CT molecular complexity index is 1190. The van der Waals surface area contributed by atoms with Crippen LogP contribution in [0.15, 0.2) is 48.2 Å². The number of aromatic amines is 1. The lowest BCUT2D eigenvalue weighted by Crippen LogP contribution is -2.26. The molecule has 33 heavy (non-hydrogen) atoms. The van der Waals surface area contributed by atoms with E-state index in [4.69, 9.17) is 21.1 Å². The van der Waals surface area contributed by atoms with Crippen LogP contribution in [-0.4, -0.2) is 30.1 Å². The number of halogens is 1. The normalized spacial score (nSPS) is 12.3. The van der Waals surface area contributed by atoms with Crippen LogP contribution in [0, 0.1) is 11.3 Å². The van der Waals surface area contributed by atoms with Crippen molar-refractivity contribution in [3.05, 3.63) is 64.3 Å². The lowest BCUT2D eigenvalue weighted by Gasteiger charge is -2.18. The molecule has 2 aromatic carbocycles. The molecule has 0 saturated heterocycles. The fourth-order valence-corrected chi connectivity index (χ4v) is 3.66. The van der Waals surface area contributed by atoms with Gasteiger partial charge in [0.15, 0.2) is 11.5 Å². The second kappa shape index (κ2) is 11.4. The highest BCUT2D eigenvalue weighted by atomic mass is 35.5. The smallest absolute Gasteiger partial charge is 0.261 e. The largest absolute Gasteiger partial charge is 0.490 e. The van der Waals surface area contributed by atoms with E-state index in [-0.39, 0.29) is 11.7 Å². The van der Waals surface area contributed by atoms with Crippen LogP contribution >= 0.6 is 11.6 Å². The van der Waals surface area contributed by atoms with Crippen molar-refractivity contribution >= 4 is 34.5 Å². The molecular formula is C26H28ClN3O3. The lowest BCUT2D eigenvalue weighted by atomic mass is 10.1. The number of carbonyl (C=O) groups excluding carboxylic acids is 1. The maximum atomic E-state index is 12.6. The van der Waals surface area contributed by atoms with Gasteiger partial charge in [-0.15, -0.1) is 0 Å². The number of nitriles is 1. The lowest BCUT2D eigenvalue weighted by molar-refractivity contribution is -0.117. The first kappa shape index (κ1) is 24.2. The van der Waals surface area contributed by atoms with Gasteiger partial charge in [-0.1, -0.05) is 36.7 Å². The van der Waals surface area contributed by atoms with Gasteiger partial charge in [0.25, 0.3) is 5.91 Å². The molecule has 3 rings (SSSR count). The number of hydrogen-bond acceptors (Lipinski definition) is 4. The van der Waals surface area contributed by atoms with Crippen LogP contribution in [0.2, 0.25) is 5.02 Å². The van der Waals surface area contributed by atoms with Gasteiger partial charge < -0.3 is 19.8 Å². The van der Waals surface area contributed by atoms with Crippen LogP contribution < -0.4 is 14.8 Å². The fourth-order valence-electron chi connectivity index (χ4n) is 3.39. The summed E-state index contributed by atoms with van der Waals surface area (Å²) in [4.78, 5) is 15.8. The van der Waals surface area contributed by atoms with Crippen molar-refractivity contribution in [3.63, 3.8) is 0 Å². The zero-order valence-corrected chi connectivity index (χ0v) is 19.8. The average Bonchev–Trinajstić information content (AvgIpc) is 3.22. The molecule has 0 saturated carbocycles. The SMILES string of the molecule is CCOc1cc(/C=C(/C#N)C(=O)NCCc2c[nH]c3ccccc23)cc(Cl)c1O[C@H](C)CC. The van der Waals surface area contributed by atoms with E-state index < -0.39 is 5.91 Å². The standard InChI is InChI=1S/C26H28ClN3O3/c1-4-17(3)33-25-22(27)13-18(14-24(25)32-5-2)12-20(15-28)26(31)29-11-10-19-16-30-23-9-7-6-8-21(19)23/h6-9,12-14,16-17,30H,4-5,10-11H2,1-3H3,(H,29,31)/b20-12-/t17-/m1/s1. The molecule has 2 N–H and O–H groups in total. The van der Waals surface area contributed by atoms with Crippen molar-refractivity contribution in [1.29, 1.82) is 5.26 Å². The van der Waals surface area contributed by atoms with Crippen LogP contribution in [-0.2, 0) is 11.2 Å². The maximum absolute atomic E-state index is 12.6. The second-order valence-corrected chi connectivity index (χ2v) is 8.04. The Morgan fingerprint density at radius 3 is 2.82 bits per heavy atom. The molecule has 0 unspecified atom stereocenters. The quantitative estimate of drug-likeness (QED) is 0.298. The Kier molecular flexibility index (Phi) is 8.39. The van der Waals surface area contributed by atoms with Gasteiger partial charge in [0, 0.05) is 23.6 Å². The van der Waals surface area contributed by atoms with Gasteiger partial charge in [-0.05, 0) is 62.1 Å². The molecule has 1 aromatic heterocycles. The molecule has 0 spiro atoms. The minimum absolute atomic E-state index is 0.0111. The van der Waals surface area contributed by atoms with Gasteiger partial charge in [0.05, 0.1) is 17.7 Å². The summed E-state index contributed by atoms with van der Waals surface area (Å²) < 4.78 is 11.6. The summed E-state index contributed by atoms with van der Waals surface area (Å²) in [6.07, 6.45) is 4.89. The van der Waals surface area contributed by atoms with Gasteiger partial charge in [-0.3, -0.25) is 4.79 Å². The van der Waals surface area contributed by atoms with Crippen LogP contribution in [0.1, 0.15) is 38.3 Å². The second-order valence-electron chi connectivity index (χ2n) is 7.63. The first-order chi connectivity index (χ1) is 16.0. The number of nitrogens with zero attached hydrogens (tertiary/aromatic N) is 1. The highest BCUT2D eigenvalue weighted by Gasteiger charge is 2.16. The Labute approximate surface area is 199 Å². The molecule has 1 heterocycles. The van der Waals surface area contributed by atoms with Crippen LogP contribution in [0.4, 0.5) is 0 Å². The fraction of sp³-hybridized carbons (Fsp3) is 0.308. The molecule has 3 aromatic rings. The van der Waals surface area contributed by atoms with Gasteiger partial charge in [-0.25, -0.2) is 0 Å². The minimum Gasteiger partial charge on any atom is -0.490 e. The van der Waals surface area contributed by atoms with Crippen molar-refractivity contribution in [2.75, 3.05) is 13.2 Å². The summed E-state index contributed by atoms with van der Waals surface area (Å²) in [7, 11) is 0. The minimum atomic E-state index is -0.439. The summed E-state index contributed by atoms with van der Waals surface area (Å²) in [5.74, 6) is 0.506. The molecule has 0 radical (unpaired) electrons. The number of rotatable bonds is 10. The third-order valence-electron chi connectivity index (χ3n) is 5.26. The van der Waals surface area contributed by atoms with Crippen LogP contribution in [0.5, 0.6) is 11.5 Å². The predicted octanol–water partition coefficient (Wildman–Crippen LogP) is 5.66. The molecule has 1 amide bonds. The Morgan fingerprint density at radius 1 is 1.30 bits per heavy atom. The zero-order chi connectivity index (χ0) is 23.8. The van der Waals surface area contributed by atoms with Crippen molar-refractivity contribution in [2.24, 2.45) is 0 Å². The number of para-hydroxylation sites is 1. The molecule has 0 aliphatic carbocycles. The Hall–Kier alpha value is -3.43. The number of fused-ring (bicyclic) bond motifs is 1. The molecule has 172 valence electrons. The first-order valence-electron chi connectivity index (χ1n) is 11.0. The molecule has 6 nitrogen and oxygen atoms in total. The van der Waals surface area contributed by atoms with Crippen molar-refractivity contribution in [1.82, 2.24) is 10.3 Å². The number of aromatic nitrogens is 1. The van der Waals surface area contributed by atoms with Gasteiger partial charge in [-0.2, -0.15) is 5.26 Å². The number of hydrogen-bond donors (Lipinski definition) is 2. The predicted molar refractivity (Wildman–Crippen MR) is 132 cm³/mol. The zero-order valence-electron chi connectivity index (χ0n) is 19.1. The summed E-state index contributed by atoms with van der Waals surface area (Å²) in [6.45, 7) is 6.68. The molecule has 0 aliphatic rings. The third-order valence-corrected chi connectivity index (χ3v) is 5.54. The summed E-state index contributed by atoms with van der Waals surface area (Å²) in [6, 6.07) is 13.4. The molecule has 0 bridgehead atoms. The van der Waals surface area contributed by atoms with E-state index in [9.17, 15) is 10.1 Å². The maximum Gasteiger partial charge on any atom is 0.261 e. The van der Waals surface area contributed by atoms with E-state index in [0.29, 0.717) is 41.7 Å². The third kappa shape index (κ3) is 6.09. The van der Waals surface area contributed by atoms with Crippen molar-refractivity contribution in [2.45, 2.75) is 39.7 Å². The van der Waals surface area contributed by atoms with Gasteiger partial charge >= 0.3 is 0 Å². The highest BCUT2D eigenvalue weighted by molar-refractivity contribution is 6.32. The molecule has 1 atom stereocenters. The summed E-state index contributed by atoms with van der Waals surface area (Å²) in [5, 5.41) is 13.9. The molecule has 7 heteroatoms. The summed E-state index contributed by atoms with van der Waals surface area (Å²) in [5.41, 5.74) is 2.74. The van der Waals surface area contributed by atoms with E-state index in [1.54, 1.807) is 12.1 Å². The van der Waals surface area contributed by atoms with E-state index in [1.807, 2.05) is 57.3 Å². The van der Waals surface area contributed by atoms with Gasteiger partial charge in [0.1, 0.15) is 11.6 Å².